The van der Waals surface area contributed by atoms with Crippen LogP contribution in [0.1, 0.15) is 27.2 Å². The number of anilines is 1. The maximum Gasteiger partial charge on any atom is 0.289 e. The molecule has 0 bridgehead atoms. The van der Waals surface area contributed by atoms with Crippen molar-refractivity contribution in [3.63, 3.8) is 0 Å². The Morgan fingerprint density at radius 1 is 1.32 bits per heavy atom. The summed E-state index contributed by atoms with van der Waals surface area (Å²) in [6, 6.07) is 5.81. The number of benzene rings is 1. The molecule has 0 aliphatic heterocycles. The molecule has 0 fully saturated rings. The number of ketones is 1. The molecule has 1 rings (SSSR count). The van der Waals surface area contributed by atoms with Crippen molar-refractivity contribution in [3.05, 3.63) is 24.3 Å². The molecular weight excluding hydrogens is 284 g/mol. The van der Waals surface area contributed by atoms with Crippen molar-refractivity contribution in [2.45, 2.75) is 39.3 Å². The summed E-state index contributed by atoms with van der Waals surface area (Å²) in [4.78, 5) is 36.7. The van der Waals surface area contributed by atoms with E-state index in [1.54, 1.807) is 24.3 Å². The number of ether oxygens (including phenoxy) is 1. The van der Waals surface area contributed by atoms with Gasteiger partial charge in [-0.3, -0.25) is 14.4 Å². The molecule has 0 saturated heterocycles. The minimum absolute atomic E-state index is 0.0976. The van der Waals surface area contributed by atoms with Crippen LogP contribution in [-0.2, 0) is 14.4 Å². The highest BCUT2D eigenvalue weighted by Gasteiger charge is 2.29. The first-order valence-electron chi connectivity index (χ1n) is 7.17. The Labute approximate surface area is 130 Å². The number of para-hydroxylation sites is 2. The molecule has 0 heterocycles. The van der Waals surface area contributed by atoms with Gasteiger partial charge in [0, 0.05) is 6.04 Å². The van der Waals surface area contributed by atoms with Gasteiger partial charge in [-0.1, -0.05) is 19.1 Å². The van der Waals surface area contributed by atoms with Crippen LogP contribution in [0.15, 0.2) is 24.3 Å². The van der Waals surface area contributed by atoms with E-state index in [0.29, 0.717) is 17.8 Å². The van der Waals surface area contributed by atoms with Crippen molar-refractivity contribution in [1.82, 2.24) is 5.32 Å². The van der Waals surface area contributed by atoms with Gasteiger partial charge in [0.25, 0.3) is 5.91 Å². The SMILES string of the molecule is CC[C@@H](C)NC(=O)C(=O)C(C)N(C=O)c1ccccc1OC. The number of methoxy groups -OCH3 is 1. The van der Waals surface area contributed by atoms with Crippen LogP contribution in [0.5, 0.6) is 5.75 Å². The number of amides is 2. The molecule has 2 atom stereocenters. The smallest absolute Gasteiger partial charge is 0.289 e. The van der Waals surface area contributed by atoms with E-state index in [1.165, 1.54) is 18.9 Å². The predicted molar refractivity (Wildman–Crippen MR) is 83.9 cm³/mol. The monoisotopic (exact) mass is 306 g/mol. The standard InChI is InChI=1S/C16H22N2O4/c1-5-11(2)17-16(21)15(20)12(3)18(10-19)13-8-6-7-9-14(13)22-4/h6-12H,5H2,1-4H3,(H,17,21)/t11-,12?/m1/s1. The minimum Gasteiger partial charge on any atom is -0.495 e. The molecule has 1 aromatic carbocycles. The number of nitrogens with zero attached hydrogens (tertiary/aromatic N) is 1. The summed E-state index contributed by atoms with van der Waals surface area (Å²) >= 11 is 0. The zero-order valence-corrected chi connectivity index (χ0v) is 13.3. The van der Waals surface area contributed by atoms with Crippen LogP contribution < -0.4 is 15.0 Å². The van der Waals surface area contributed by atoms with E-state index in [9.17, 15) is 14.4 Å². The average molecular weight is 306 g/mol. The molecule has 0 saturated carbocycles. The maximum absolute atomic E-state index is 12.2. The van der Waals surface area contributed by atoms with Gasteiger partial charge in [0.2, 0.25) is 12.2 Å². The summed E-state index contributed by atoms with van der Waals surface area (Å²) in [5.74, 6) is -0.904. The third-order valence-corrected chi connectivity index (χ3v) is 3.49. The molecule has 0 aliphatic carbocycles. The fourth-order valence-corrected chi connectivity index (χ4v) is 1.91. The van der Waals surface area contributed by atoms with Crippen molar-refractivity contribution in [3.8, 4) is 5.75 Å². The second-order valence-corrected chi connectivity index (χ2v) is 5.01. The summed E-state index contributed by atoms with van der Waals surface area (Å²) in [7, 11) is 1.48. The molecule has 0 aliphatic rings. The van der Waals surface area contributed by atoms with Crippen molar-refractivity contribution in [2.75, 3.05) is 12.0 Å². The Morgan fingerprint density at radius 2 is 1.95 bits per heavy atom. The highest BCUT2D eigenvalue weighted by molar-refractivity contribution is 6.39. The van der Waals surface area contributed by atoms with Crippen molar-refractivity contribution in [2.24, 2.45) is 0 Å². The predicted octanol–water partition coefficient (Wildman–Crippen LogP) is 1.53. The van der Waals surface area contributed by atoms with Crippen molar-refractivity contribution >= 4 is 23.8 Å². The molecule has 0 aromatic heterocycles. The third-order valence-electron chi connectivity index (χ3n) is 3.49. The van der Waals surface area contributed by atoms with Crippen LogP contribution in [0.2, 0.25) is 0 Å². The summed E-state index contributed by atoms with van der Waals surface area (Å²) in [5, 5.41) is 2.61. The second-order valence-electron chi connectivity index (χ2n) is 5.01. The molecule has 1 aromatic rings. The molecule has 0 radical (unpaired) electrons. The number of carbonyl (C=O) groups excluding carboxylic acids is 3. The number of carbonyl (C=O) groups is 3. The summed E-state index contributed by atoms with van der Waals surface area (Å²) in [6.07, 6.45) is 1.24. The molecule has 1 unspecified atom stereocenters. The normalized spacial score (nSPS) is 12.9. The van der Waals surface area contributed by atoms with E-state index in [-0.39, 0.29) is 6.04 Å². The van der Waals surface area contributed by atoms with E-state index >= 15 is 0 Å². The van der Waals surface area contributed by atoms with Gasteiger partial charge in [-0.25, -0.2) is 0 Å². The molecule has 22 heavy (non-hydrogen) atoms. The topological polar surface area (TPSA) is 75.7 Å². The Kier molecular flexibility index (Phi) is 6.56. The Morgan fingerprint density at radius 3 is 2.50 bits per heavy atom. The highest BCUT2D eigenvalue weighted by Crippen LogP contribution is 2.28. The molecule has 6 heteroatoms. The fraction of sp³-hybridized carbons (Fsp3) is 0.438. The Hall–Kier alpha value is -2.37. The van der Waals surface area contributed by atoms with Crippen LogP contribution in [0.25, 0.3) is 0 Å². The first-order chi connectivity index (χ1) is 10.5. The van der Waals surface area contributed by atoms with Gasteiger partial charge in [0.15, 0.2) is 0 Å². The third kappa shape index (κ3) is 4.07. The van der Waals surface area contributed by atoms with Gasteiger partial charge < -0.3 is 15.0 Å². The van der Waals surface area contributed by atoms with Crippen LogP contribution in [0.3, 0.4) is 0 Å². The van der Waals surface area contributed by atoms with Gasteiger partial charge in [0.1, 0.15) is 11.8 Å². The maximum atomic E-state index is 12.2. The lowest BCUT2D eigenvalue weighted by molar-refractivity contribution is -0.139. The largest absolute Gasteiger partial charge is 0.495 e. The lowest BCUT2D eigenvalue weighted by Crippen LogP contribution is -2.47. The Bertz CT molecular complexity index is 545. The molecule has 120 valence electrons. The van der Waals surface area contributed by atoms with Gasteiger partial charge >= 0.3 is 0 Å². The first kappa shape index (κ1) is 17.7. The molecule has 0 spiro atoms. The van der Waals surface area contributed by atoms with Crippen molar-refractivity contribution < 1.29 is 19.1 Å². The number of hydrogen-bond acceptors (Lipinski definition) is 4. The minimum atomic E-state index is -0.919. The lowest BCUT2D eigenvalue weighted by Gasteiger charge is -2.25. The van der Waals surface area contributed by atoms with Crippen LogP contribution in [-0.4, -0.2) is 37.3 Å². The molecule has 1 N–H and O–H groups in total. The van der Waals surface area contributed by atoms with E-state index in [4.69, 9.17) is 4.74 Å². The van der Waals surface area contributed by atoms with E-state index in [2.05, 4.69) is 5.32 Å². The zero-order chi connectivity index (χ0) is 16.7. The van der Waals surface area contributed by atoms with E-state index in [0.717, 1.165) is 6.42 Å². The summed E-state index contributed by atoms with van der Waals surface area (Å²) in [5.41, 5.74) is 0.442. The number of Topliss-reactive ketones (excluding diaryl/α,β-unsaturated/α-hetero) is 1. The van der Waals surface area contributed by atoms with E-state index in [1.807, 2.05) is 13.8 Å². The number of rotatable bonds is 8. The molecule has 2 amide bonds. The van der Waals surface area contributed by atoms with Crippen molar-refractivity contribution in [1.29, 1.82) is 0 Å². The lowest BCUT2D eigenvalue weighted by atomic mass is 10.1. The first-order valence-corrected chi connectivity index (χ1v) is 7.17. The van der Waals surface area contributed by atoms with E-state index < -0.39 is 17.7 Å². The quantitative estimate of drug-likeness (QED) is 0.584. The van der Waals surface area contributed by atoms with Gasteiger partial charge in [-0.15, -0.1) is 0 Å². The Balaban J connectivity index is 2.97. The number of hydrogen-bond donors (Lipinski definition) is 1. The van der Waals surface area contributed by atoms with Crippen LogP contribution in [0, 0.1) is 0 Å². The summed E-state index contributed by atoms with van der Waals surface area (Å²) < 4.78 is 5.19. The molecule has 6 nitrogen and oxygen atoms in total. The number of nitrogens with one attached hydrogen (secondary N) is 1. The van der Waals surface area contributed by atoms with Crippen LogP contribution in [0.4, 0.5) is 5.69 Å². The fourth-order valence-electron chi connectivity index (χ4n) is 1.91. The van der Waals surface area contributed by atoms with Gasteiger partial charge in [-0.2, -0.15) is 0 Å². The van der Waals surface area contributed by atoms with Gasteiger partial charge in [-0.05, 0) is 32.4 Å². The molecular formula is C16H22N2O4. The van der Waals surface area contributed by atoms with Gasteiger partial charge in [0.05, 0.1) is 12.8 Å². The average Bonchev–Trinajstić information content (AvgIpc) is 2.54. The zero-order valence-electron chi connectivity index (χ0n) is 13.3. The highest BCUT2D eigenvalue weighted by atomic mass is 16.5. The summed E-state index contributed by atoms with van der Waals surface area (Å²) in [6.45, 7) is 5.23. The second kappa shape index (κ2) is 8.17. The van der Waals surface area contributed by atoms with Crippen LogP contribution >= 0.6 is 0 Å².